The van der Waals surface area contributed by atoms with Crippen molar-refractivity contribution in [3.63, 3.8) is 0 Å². The van der Waals surface area contributed by atoms with Gasteiger partial charge in [-0.05, 0) is 12.5 Å². The number of carbonyl (C=O) groups is 1. The normalized spacial score (nSPS) is 28.0. The molecule has 0 saturated heterocycles. The van der Waals surface area contributed by atoms with Gasteiger partial charge in [0.1, 0.15) is 11.5 Å². The summed E-state index contributed by atoms with van der Waals surface area (Å²) in [5.41, 5.74) is 0.460. The van der Waals surface area contributed by atoms with Crippen molar-refractivity contribution in [1.82, 2.24) is 0 Å². The van der Waals surface area contributed by atoms with Crippen LogP contribution in [0.3, 0.4) is 0 Å². The lowest BCUT2D eigenvalue weighted by Crippen LogP contribution is -2.29. The Morgan fingerprint density at radius 2 is 2.00 bits per heavy atom. The van der Waals surface area contributed by atoms with Crippen LogP contribution in [0.25, 0.3) is 0 Å². The molecule has 2 rings (SSSR count). The average Bonchev–Trinajstić information content (AvgIpc) is 2.52. The third-order valence-electron chi connectivity index (χ3n) is 3.84. The number of anilines is 1. The van der Waals surface area contributed by atoms with E-state index < -0.39 is 24.0 Å². The van der Waals surface area contributed by atoms with Crippen LogP contribution in [-0.2, 0) is 9.53 Å². The Morgan fingerprint density at radius 1 is 1.26 bits per heavy atom. The van der Waals surface area contributed by atoms with Gasteiger partial charge in [-0.25, -0.2) is 0 Å². The van der Waals surface area contributed by atoms with Crippen LogP contribution in [0.2, 0.25) is 0 Å². The van der Waals surface area contributed by atoms with E-state index in [0.29, 0.717) is 12.0 Å². The number of fused-ring (bicyclic) bond motifs is 2. The summed E-state index contributed by atoms with van der Waals surface area (Å²) < 4.78 is 5.36. The van der Waals surface area contributed by atoms with Gasteiger partial charge in [-0.15, -0.1) is 0 Å². The van der Waals surface area contributed by atoms with Crippen LogP contribution in [-0.4, -0.2) is 34.4 Å². The molecular formula is C17H21NO5. The molecule has 3 atom stereocenters. The summed E-state index contributed by atoms with van der Waals surface area (Å²) in [4.78, 5) is 12.2. The van der Waals surface area contributed by atoms with Crippen LogP contribution < -0.4 is 5.32 Å². The van der Waals surface area contributed by atoms with Gasteiger partial charge in [0.05, 0.1) is 23.8 Å². The number of aliphatic hydroxyl groups is 1. The van der Waals surface area contributed by atoms with Gasteiger partial charge >= 0.3 is 0 Å². The molecule has 0 saturated carbocycles. The maximum Gasteiger partial charge on any atom is 0.230 e. The fraction of sp³-hybridized carbons (Fsp3) is 0.353. The number of phenols is 2. The Bertz CT molecular complexity index is 638. The SMILES string of the molecule is CO[C@@H]1C/C=C\C=C/[C@@H](O)[C@@H](C)C(=O)Nc2cc(O)cc1c2O. The number of aliphatic hydroxyl groups excluding tert-OH is 1. The Labute approximate surface area is 134 Å². The summed E-state index contributed by atoms with van der Waals surface area (Å²) in [5, 5.41) is 32.8. The van der Waals surface area contributed by atoms with E-state index >= 15 is 0 Å². The van der Waals surface area contributed by atoms with E-state index in [1.165, 1.54) is 25.3 Å². The first-order chi connectivity index (χ1) is 10.9. The molecule has 0 radical (unpaired) electrons. The number of amides is 1. The molecule has 0 spiro atoms. The minimum absolute atomic E-state index is 0.0818. The van der Waals surface area contributed by atoms with Crippen LogP contribution in [0.15, 0.2) is 36.4 Å². The third-order valence-corrected chi connectivity index (χ3v) is 3.84. The van der Waals surface area contributed by atoms with Gasteiger partial charge in [0.25, 0.3) is 0 Å². The smallest absolute Gasteiger partial charge is 0.230 e. The van der Waals surface area contributed by atoms with Gasteiger partial charge in [0.15, 0.2) is 0 Å². The molecule has 0 unspecified atom stereocenters. The molecule has 0 fully saturated rings. The highest BCUT2D eigenvalue weighted by molar-refractivity contribution is 5.94. The number of benzene rings is 1. The number of ether oxygens (including phenoxy) is 1. The molecule has 0 aromatic heterocycles. The molecule has 1 amide bonds. The number of methoxy groups -OCH3 is 1. The van der Waals surface area contributed by atoms with E-state index in [0.717, 1.165) is 0 Å². The van der Waals surface area contributed by atoms with Crippen LogP contribution in [0.4, 0.5) is 5.69 Å². The molecule has 0 aliphatic carbocycles. The molecule has 6 nitrogen and oxygen atoms in total. The number of allylic oxidation sites excluding steroid dienone is 2. The van der Waals surface area contributed by atoms with Crippen molar-refractivity contribution in [3.05, 3.63) is 42.0 Å². The molecule has 1 heterocycles. The van der Waals surface area contributed by atoms with E-state index in [1.807, 2.05) is 6.08 Å². The van der Waals surface area contributed by atoms with E-state index in [-0.39, 0.29) is 17.2 Å². The van der Waals surface area contributed by atoms with Crippen molar-refractivity contribution in [2.24, 2.45) is 5.92 Å². The predicted molar refractivity (Wildman–Crippen MR) is 86.2 cm³/mol. The van der Waals surface area contributed by atoms with Crippen LogP contribution >= 0.6 is 0 Å². The standard InChI is InChI=1S/C17H21NO5/c1-10-14(20)6-4-3-5-7-15(23-2)12-8-11(19)9-13(16(12)21)18-17(10)22/h3-6,8-10,14-15,19-21H,7H2,1-2H3,(H,18,22)/b5-3-,6-4-/t10-,14-,15-/m1/s1. The summed E-state index contributed by atoms with van der Waals surface area (Å²) in [6, 6.07) is 2.66. The van der Waals surface area contributed by atoms with Gasteiger partial charge in [0, 0.05) is 18.7 Å². The molecule has 1 aromatic carbocycles. The quantitative estimate of drug-likeness (QED) is 0.470. The highest BCUT2D eigenvalue weighted by Gasteiger charge is 2.24. The summed E-state index contributed by atoms with van der Waals surface area (Å²) in [5.74, 6) is -1.44. The topological polar surface area (TPSA) is 99.0 Å². The first kappa shape index (κ1) is 17.1. The molecule has 1 aliphatic heterocycles. The number of hydrogen-bond donors (Lipinski definition) is 4. The number of aromatic hydroxyl groups is 2. The summed E-state index contributed by atoms with van der Waals surface area (Å²) >= 11 is 0. The largest absolute Gasteiger partial charge is 0.508 e. The number of rotatable bonds is 1. The molecule has 1 aliphatic rings. The lowest BCUT2D eigenvalue weighted by Gasteiger charge is -2.20. The average molecular weight is 319 g/mol. The summed E-state index contributed by atoms with van der Waals surface area (Å²) in [6.45, 7) is 1.58. The van der Waals surface area contributed by atoms with Gasteiger partial charge in [-0.3, -0.25) is 4.79 Å². The van der Waals surface area contributed by atoms with E-state index in [4.69, 9.17) is 4.74 Å². The van der Waals surface area contributed by atoms with Crippen molar-refractivity contribution in [2.45, 2.75) is 25.6 Å². The van der Waals surface area contributed by atoms with Crippen molar-refractivity contribution in [2.75, 3.05) is 12.4 Å². The van der Waals surface area contributed by atoms with Crippen LogP contribution in [0.1, 0.15) is 25.0 Å². The zero-order valence-corrected chi connectivity index (χ0v) is 13.1. The second-order valence-corrected chi connectivity index (χ2v) is 5.47. The lowest BCUT2D eigenvalue weighted by atomic mass is 10.0. The van der Waals surface area contributed by atoms with Crippen molar-refractivity contribution >= 4 is 11.6 Å². The van der Waals surface area contributed by atoms with Crippen molar-refractivity contribution in [1.29, 1.82) is 0 Å². The Morgan fingerprint density at radius 3 is 2.70 bits per heavy atom. The molecule has 124 valence electrons. The highest BCUT2D eigenvalue weighted by Crippen LogP contribution is 2.38. The Hall–Kier alpha value is -2.31. The van der Waals surface area contributed by atoms with Crippen LogP contribution in [0.5, 0.6) is 11.5 Å². The van der Waals surface area contributed by atoms with Gasteiger partial charge in [-0.2, -0.15) is 0 Å². The first-order valence-corrected chi connectivity index (χ1v) is 7.35. The number of nitrogens with one attached hydrogen (secondary N) is 1. The fourth-order valence-corrected chi connectivity index (χ4v) is 2.36. The first-order valence-electron chi connectivity index (χ1n) is 7.35. The molecule has 23 heavy (non-hydrogen) atoms. The second-order valence-electron chi connectivity index (χ2n) is 5.47. The lowest BCUT2D eigenvalue weighted by molar-refractivity contribution is -0.121. The van der Waals surface area contributed by atoms with E-state index in [9.17, 15) is 20.1 Å². The second kappa shape index (κ2) is 7.30. The zero-order valence-electron chi connectivity index (χ0n) is 13.1. The van der Waals surface area contributed by atoms with E-state index in [2.05, 4.69) is 5.32 Å². The molecule has 2 bridgehead atoms. The van der Waals surface area contributed by atoms with Crippen molar-refractivity contribution in [3.8, 4) is 11.5 Å². The molecule has 1 aromatic rings. The number of phenolic OH excluding ortho intramolecular Hbond substituents is 2. The molecular weight excluding hydrogens is 298 g/mol. The van der Waals surface area contributed by atoms with Gasteiger partial charge in [-0.1, -0.05) is 31.2 Å². The van der Waals surface area contributed by atoms with Gasteiger partial charge in [0.2, 0.25) is 5.91 Å². The Balaban J connectivity index is 2.50. The van der Waals surface area contributed by atoms with Gasteiger partial charge < -0.3 is 25.4 Å². The minimum atomic E-state index is -0.961. The maximum absolute atomic E-state index is 12.2. The highest BCUT2D eigenvalue weighted by atomic mass is 16.5. The Kier molecular flexibility index (Phi) is 5.41. The molecule has 4 N–H and O–H groups in total. The zero-order chi connectivity index (χ0) is 17.0. The summed E-state index contributed by atoms with van der Waals surface area (Å²) in [7, 11) is 1.50. The molecule has 6 heteroatoms. The summed E-state index contributed by atoms with van der Waals surface area (Å²) in [6.07, 6.45) is 5.75. The predicted octanol–water partition coefficient (Wildman–Crippen LogP) is 2.24. The van der Waals surface area contributed by atoms with Crippen LogP contribution in [0, 0.1) is 5.92 Å². The number of hydrogen-bond acceptors (Lipinski definition) is 5. The third kappa shape index (κ3) is 3.91. The number of carbonyl (C=O) groups excluding carboxylic acids is 1. The van der Waals surface area contributed by atoms with E-state index in [1.54, 1.807) is 19.1 Å². The fourth-order valence-electron chi connectivity index (χ4n) is 2.36. The maximum atomic E-state index is 12.2. The minimum Gasteiger partial charge on any atom is -0.508 e. The van der Waals surface area contributed by atoms with Crippen molar-refractivity contribution < 1.29 is 24.9 Å². The monoisotopic (exact) mass is 319 g/mol.